The van der Waals surface area contributed by atoms with E-state index in [0.29, 0.717) is 0 Å². The lowest BCUT2D eigenvalue weighted by Crippen LogP contribution is -2.11. The van der Waals surface area contributed by atoms with E-state index in [2.05, 4.69) is 41.5 Å². The predicted octanol–water partition coefficient (Wildman–Crippen LogP) is 5.90. The molecule has 4 heteroatoms. The van der Waals surface area contributed by atoms with Gasteiger partial charge in [0.05, 0.1) is 27.0 Å². The maximum atomic E-state index is 6.39. The topological polar surface area (TPSA) is 24.9 Å². The first-order valence-electron chi connectivity index (χ1n) is 7.12. The molecule has 0 fully saturated rings. The highest BCUT2D eigenvalue weighted by molar-refractivity contribution is 7.16. The molecule has 1 unspecified atom stereocenters. The van der Waals surface area contributed by atoms with Gasteiger partial charge >= 0.3 is 0 Å². The van der Waals surface area contributed by atoms with Crippen LogP contribution in [-0.2, 0) is 0 Å². The minimum Gasteiger partial charge on any atom is -0.375 e. The molecule has 0 radical (unpaired) electrons. The van der Waals surface area contributed by atoms with E-state index in [9.17, 15) is 0 Å². The van der Waals surface area contributed by atoms with E-state index >= 15 is 0 Å². The van der Waals surface area contributed by atoms with Crippen molar-refractivity contribution in [3.05, 3.63) is 58.6 Å². The fraction of sp³-hybridized carbons (Fsp3) is 0.235. The minimum atomic E-state index is 0.251. The largest absolute Gasteiger partial charge is 0.375 e. The van der Waals surface area contributed by atoms with Crippen molar-refractivity contribution in [1.82, 2.24) is 4.98 Å². The second kappa shape index (κ2) is 6.46. The van der Waals surface area contributed by atoms with Crippen LogP contribution >= 0.6 is 22.9 Å². The van der Waals surface area contributed by atoms with Crippen molar-refractivity contribution < 1.29 is 0 Å². The highest BCUT2D eigenvalue weighted by atomic mass is 35.5. The van der Waals surface area contributed by atoms with Crippen LogP contribution in [-0.4, -0.2) is 4.98 Å². The van der Waals surface area contributed by atoms with Gasteiger partial charge in [-0.15, -0.1) is 11.3 Å². The molecule has 0 bridgehead atoms. The van der Waals surface area contributed by atoms with E-state index in [-0.39, 0.29) is 6.04 Å². The van der Waals surface area contributed by atoms with Gasteiger partial charge in [0.1, 0.15) is 5.52 Å². The second-order valence-corrected chi connectivity index (χ2v) is 6.31. The minimum absolute atomic E-state index is 0.251. The van der Waals surface area contributed by atoms with Gasteiger partial charge in [-0.2, -0.15) is 0 Å². The fourth-order valence-corrected chi connectivity index (χ4v) is 3.41. The number of halogens is 1. The van der Waals surface area contributed by atoms with Gasteiger partial charge in [-0.05, 0) is 24.1 Å². The summed E-state index contributed by atoms with van der Waals surface area (Å²) < 4.78 is 1.16. The molecule has 0 aliphatic carbocycles. The molecule has 2 nitrogen and oxygen atoms in total. The quantitative estimate of drug-likeness (QED) is 0.633. The van der Waals surface area contributed by atoms with Crippen LogP contribution in [0.4, 0.5) is 5.69 Å². The molecule has 0 aliphatic heterocycles. The van der Waals surface area contributed by atoms with E-state index < -0.39 is 0 Å². The maximum absolute atomic E-state index is 6.39. The van der Waals surface area contributed by atoms with Gasteiger partial charge in [-0.1, -0.05) is 55.3 Å². The van der Waals surface area contributed by atoms with Gasteiger partial charge in [0, 0.05) is 0 Å². The zero-order valence-electron chi connectivity index (χ0n) is 11.8. The molecule has 0 spiro atoms. The summed E-state index contributed by atoms with van der Waals surface area (Å²) in [5.74, 6) is 0. The summed E-state index contributed by atoms with van der Waals surface area (Å²) in [5, 5.41) is 4.33. The predicted molar refractivity (Wildman–Crippen MR) is 92.3 cm³/mol. The Bertz CT molecular complexity index is 724. The number of hydrogen-bond donors (Lipinski definition) is 1. The van der Waals surface area contributed by atoms with Crippen LogP contribution in [0.25, 0.3) is 10.2 Å². The number of thiazole rings is 1. The number of hydrogen-bond acceptors (Lipinski definition) is 3. The molecule has 21 heavy (non-hydrogen) atoms. The SMILES string of the molecule is CCCC(Nc1c(Cl)ccc2scnc12)c1ccccc1. The number of rotatable bonds is 5. The molecule has 2 aromatic carbocycles. The van der Waals surface area contributed by atoms with Crippen molar-refractivity contribution in [2.45, 2.75) is 25.8 Å². The van der Waals surface area contributed by atoms with Crippen molar-refractivity contribution in [1.29, 1.82) is 0 Å². The third-order valence-electron chi connectivity index (χ3n) is 3.55. The molecule has 1 N–H and O–H groups in total. The smallest absolute Gasteiger partial charge is 0.106 e. The van der Waals surface area contributed by atoms with E-state index in [1.54, 1.807) is 11.3 Å². The van der Waals surface area contributed by atoms with Crippen molar-refractivity contribution in [2.24, 2.45) is 0 Å². The van der Waals surface area contributed by atoms with Gasteiger partial charge in [0.25, 0.3) is 0 Å². The van der Waals surface area contributed by atoms with Crippen molar-refractivity contribution in [2.75, 3.05) is 5.32 Å². The van der Waals surface area contributed by atoms with E-state index in [1.165, 1.54) is 5.56 Å². The first kappa shape index (κ1) is 14.4. The van der Waals surface area contributed by atoms with Crippen LogP contribution in [0.1, 0.15) is 31.4 Å². The number of nitrogens with one attached hydrogen (secondary N) is 1. The fourth-order valence-electron chi connectivity index (χ4n) is 2.51. The summed E-state index contributed by atoms with van der Waals surface area (Å²) in [4.78, 5) is 4.46. The third-order valence-corrected chi connectivity index (χ3v) is 4.66. The van der Waals surface area contributed by atoms with Crippen LogP contribution in [0.15, 0.2) is 48.0 Å². The number of anilines is 1. The Morgan fingerprint density at radius 1 is 1.19 bits per heavy atom. The average molecular weight is 317 g/mol. The van der Waals surface area contributed by atoms with Crippen molar-refractivity contribution >= 4 is 38.8 Å². The van der Waals surface area contributed by atoms with Gasteiger partial charge in [-0.25, -0.2) is 4.98 Å². The summed E-state index contributed by atoms with van der Waals surface area (Å²) in [6, 6.07) is 14.7. The molecule has 108 valence electrons. The molecular weight excluding hydrogens is 300 g/mol. The lowest BCUT2D eigenvalue weighted by atomic mass is 10.0. The summed E-state index contributed by atoms with van der Waals surface area (Å²) in [6.45, 7) is 2.20. The molecule has 1 heterocycles. The van der Waals surface area contributed by atoms with E-state index in [0.717, 1.165) is 33.8 Å². The summed E-state index contributed by atoms with van der Waals surface area (Å²) in [5.41, 5.74) is 5.05. The molecule has 3 rings (SSSR count). The maximum Gasteiger partial charge on any atom is 0.106 e. The Hall–Kier alpha value is -1.58. The standard InChI is InChI=1S/C17H17ClN2S/c1-2-6-14(12-7-4-3-5-8-12)20-16-13(18)9-10-15-17(16)19-11-21-15/h3-5,7-11,14,20H,2,6H2,1H3. The van der Waals surface area contributed by atoms with Crippen molar-refractivity contribution in [3.8, 4) is 0 Å². The first-order valence-corrected chi connectivity index (χ1v) is 8.38. The number of fused-ring (bicyclic) bond motifs is 1. The van der Waals surface area contributed by atoms with Crippen molar-refractivity contribution in [3.63, 3.8) is 0 Å². The zero-order chi connectivity index (χ0) is 14.7. The van der Waals surface area contributed by atoms with Gasteiger partial charge in [0.2, 0.25) is 0 Å². The Kier molecular flexibility index (Phi) is 4.42. The molecule has 0 amide bonds. The molecule has 3 aromatic rings. The number of benzene rings is 2. The molecule has 1 atom stereocenters. The van der Waals surface area contributed by atoms with Gasteiger partial charge in [0.15, 0.2) is 0 Å². The average Bonchev–Trinajstić information content (AvgIpc) is 2.99. The molecular formula is C17H17ClN2S. The molecule has 1 aromatic heterocycles. The van der Waals surface area contributed by atoms with E-state index in [4.69, 9.17) is 11.6 Å². The summed E-state index contributed by atoms with van der Waals surface area (Å²) in [6.07, 6.45) is 2.16. The Labute approximate surface area is 133 Å². The monoisotopic (exact) mass is 316 g/mol. The van der Waals surface area contributed by atoms with Crippen LogP contribution in [0.3, 0.4) is 0 Å². The zero-order valence-corrected chi connectivity index (χ0v) is 13.4. The Morgan fingerprint density at radius 3 is 2.76 bits per heavy atom. The Balaban J connectivity index is 1.98. The highest BCUT2D eigenvalue weighted by Gasteiger charge is 2.15. The normalized spacial score (nSPS) is 12.5. The van der Waals surface area contributed by atoms with Crippen LogP contribution in [0.5, 0.6) is 0 Å². The first-order chi connectivity index (χ1) is 10.3. The van der Waals surface area contributed by atoms with Crippen LogP contribution < -0.4 is 5.32 Å². The van der Waals surface area contributed by atoms with Gasteiger partial charge < -0.3 is 5.32 Å². The second-order valence-electron chi connectivity index (χ2n) is 5.02. The number of nitrogens with zero attached hydrogens (tertiary/aromatic N) is 1. The summed E-state index contributed by atoms with van der Waals surface area (Å²) >= 11 is 8.03. The Morgan fingerprint density at radius 2 is 2.00 bits per heavy atom. The number of aromatic nitrogens is 1. The lowest BCUT2D eigenvalue weighted by molar-refractivity contribution is 0.678. The van der Waals surface area contributed by atoms with Gasteiger partial charge in [-0.3, -0.25) is 0 Å². The highest BCUT2D eigenvalue weighted by Crippen LogP contribution is 2.35. The molecule has 0 saturated carbocycles. The lowest BCUT2D eigenvalue weighted by Gasteiger charge is -2.21. The molecule has 0 aliphatic rings. The van der Waals surface area contributed by atoms with Crippen LogP contribution in [0, 0.1) is 0 Å². The van der Waals surface area contributed by atoms with E-state index in [1.807, 2.05) is 23.7 Å². The summed E-state index contributed by atoms with van der Waals surface area (Å²) in [7, 11) is 0. The molecule has 0 saturated heterocycles. The third kappa shape index (κ3) is 3.04. The van der Waals surface area contributed by atoms with Crippen LogP contribution in [0.2, 0.25) is 5.02 Å².